The number of rotatable bonds is 20. The lowest BCUT2D eigenvalue weighted by atomic mass is 9.87. The van der Waals surface area contributed by atoms with Gasteiger partial charge < -0.3 is 94.7 Å². The summed E-state index contributed by atoms with van der Waals surface area (Å²) in [6.45, 7) is 9.59. The second-order valence-corrected chi connectivity index (χ2v) is 17.0. The molecule has 12 unspecified atom stereocenters. The third kappa shape index (κ3) is 13.5. The molecule has 12 N–H and O–H groups in total. The Kier molecular flexibility index (Phi) is 23.9. The fraction of sp³-hybridized carbons (Fsp3) is 1.00. The summed E-state index contributed by atoms with van der Waals surface area (Å²) in [5, 5.41) is 103. The van der Waals surface area contributed by atoms with E-state index in [0.717, 1.165) is 12.2 Å². The normalized spacial score (nSPS) is 43.4. The fourth-order valence-corrected chi connectivity index (χ4v) is 9.31. The largest absolute Gasteiger partial charge is 0.394 e. The van der Waals surface area contributed by atoms with Crippen LogP contribution in [-0.4, -0.2) is 218 Å². The van der Waals surface area contributed by atoms with Crippen molar-refractivity contribution in [3.8, 4) is 0 Å². The third-order valence-corrected chi connectivity index (χ3v) is 13.1. The SMILES string of the molecule is CCCSCC1O[C@H](OCC)C(O)[C@@H](O)C1O[C@H]1OC(CO)C(CC)[C@H](O)C1O.CCO[C@H]1OC(CSCCN)C(O[C@H]2OC(CO)C(CC)[C@H](O)C2O)[C@H](O)C1O. The molecular formula is C37H71NO18S2. The molecule has 21 heteroatoms. The predicted octanol–water partition coefficient (Wildman–Crippen LogP) is -2.52. The van der Waals surface area contributed by atoms with E-state index in [9.17, 15) is 51.1 Å². The minimum absolute atomic E-state index is 0.288. The molecule has 0 radical (unpaired) electrons. The Morgan fingerprint density at radius 2 is 0.845 bits per heavy atom. The summed E-state index contributed by atoms with van der Waals surface area (Å²) >= 11 is 3.10. The molecule has 4 heterocycles. The second-order valence-electron chi connectivity index (χ2n) is 14.7. The first-order valence-electron chi connectivity index (χ1n) is 20.5. The van der Waals surface area contributed by atoms with Gasteiger partial charge in [0.05, 0.1) is 49.8 Å². The molecule has 4 rings (SSSR count). The van der Waals surface area contributed by atoms with Gasteiger partial charge in [-0.15, -0.1) is 0 Å². The van der Waals surface area contributed by atoms with Gasteiger partial charge in [-0.25, -0.2) is 0 Å². The molecule has 0 aromatic rings. The van der Waals surface area contributed by atoms with Crippen molar-refractivity contribution >= 4 is 23.5 Å². The highest BCUT2D eigenvalue weighted by molar-refractivity contribution is 7.99. The molecule has 4 aliphatic rings. The zero-order chi connectivity index (χ0) is 43.1. The minimum atomic E-state index is -1.38. The van der Waals surface area contributed by atoms with Crippen molar-refractivity contribution in [1.82, 2.24) is 0 Å². The lowest BCUT2D eigenvalue weighted by Crippen LogP contribution is -2.63. The van der Waals surface area contributed by atoms with Gasteiger partial charge in [0, 0.05) is 48.9 Å². The topological polar surface area (TPSA) is 302 Å². The zero-order valence-corrected chi connectivity index (χ0v) is 35.8. The highest BCUT2D eigenvalue weighted by Crippen LogP contribution is 2.35. The van der Waals surface area contributed by atoms with Crippen LogP contribution in [0.5, 0.6) is 0 Å². The number of nitrogens with two attached hydrogens (primary N) is 1. The molecule has 0 aromatic carbocycles. The van der Waals surface area contributed by atoms with E-state index < -0.39 is 122 Å². The van der Waals surface area contributed by atoms with Crippen molar-refractivity contribution in [2.24, 2.45) is 17.6 Å². The van der Waals surface area contributed by atoms with Gasteiger partial charge in [0.25, 0.3) is 0 Å². The standard InChI is InChI=1S/C19H36O9S.C18H35NO9S/c1-4-7-29-9-12-17(14(22)16(24)18(27-12)25-6-3)28-19-15(23)13(21)10(5-2)11(8-20)26-19;1-3-9-10(7-20)26-18(14(23)12(9)21)28-16-11(8-29-6-5-19)27-17(25-4-2)15(24)13(16)22/h10-24H,4-9H2,1-3H3;9-18,20-24H,3-8,19H2,1-2H3/t10?,11?,12?,13-,14+,15?,16?,17?,18-,19+;9?,10?,11?,12-,13+,14?,15?,16?,17-,18+/m00/s1. The lowest BCUT2D eigenvalue weighted by molar-refractivity contribution is -0.351. The summed E-state index contributed by atoms with van der Waals surface area (Å²) in [7, 11) is 0. The summed E-state index contributed by atoms with van der Waals surface area (Å²) < 4.78 is 45.4. The van der Waals surface area contributed by atoms with Gasteiger partial charge in [0.1, 0.15) is 48.8 Å². The van der Waals surface area contributed by atoms with E-state index in [2.05, 4.69) is 6.92 Å². The third-order valence-electron chi connectivity index (χ3n) is 10.7. The number of thioether (sulfide) groups is 2. The molecule has 20 atom stereocenters. The van der Waals surface area contributed by atoms with Gasteiger partial charge in [0.2, 0.25) is 0 Å². The molecular weight excluding hydrogens is 811 g/mol. The van der Waals surface area contributed by atoms with Gasteiger partial charge in [-0.2, -0.15) is 23.5 Å². The van der Waals surface area contributed by atoms with E-state index in [1.807, 2.05) is 13.8 Å². The van der Waals surface area contributed by atoms with E-state index in [1.165, 1.54) is 11.8 Å². The number of aliphatic hydroxyl groups is 10. The molecule has 0 aliphatic carbocycles. The van der Waals surface area contributed by atoms with Crippen LogP contribution in [0.3, 0.4) is 0 Å². The summed E-state index contributed by atoms with van der Waals surface area (Å²) in [5.41, 5.74) is 5.53. The number of aliphatic hydroxyl groups excluding tert-OH is 10. The van der Waals surface area contributed by atoms with Gasteiger partial charge >= 0.3 is 0 Å². The molecule has 0 spiro atoms. The second kappa shape index (κ2) is 26.5. The van der Waals surface area contributed by atoms with Crippen LogP contribution < -0.4 is 5.73 Å². The Hall–Kier alpha value is -0.0600. The van der Waals surface area contributed by atoms with Crippen LogP contribution in [0.1, 0.15) is 53.9 Å². The molecule has 0 amide bonds. The highest BCUT2D eigenvalue weighted by atomic mass is 32.2. The summed E-state index contributed by atoms with van der Waals surface area (Å²) in [6.07, 6.45) is -17.8. The maximum atomic E-state index is 10.7. The molecule has 4 fully saturated rings. The van der Waals surface area contributed by atoms with Crippen molar-refractivity contribution in [3.05, 3.63) is 0 Å². The molecule has 19 nitrogen and oxygen atoms in total. The first-order valence-corrected chi connectivity index (χ1v) is 22.8. The van der Waals surface area contributed by atoms with Gasteiger partial charge in [0.15, 0.2) is 25.2 Å². The molecule has 58 heavy (non-hydrogen) atoms. The van der Waals surface area contributed by atoms with E-state index in [4.69, 9.17) is 43.6 Å². The van der Waals surface area contributed by atoms with Crippen molar-refractivity contribution in [1.29, 1.82) is 0 Å². The summed E-state index contributed by atoms with van der Waals surface area (Å²) in [6, 6.07) is 0. The molecule has 4 saturated heterocycles. The van der Waals surface area contributed by atoms with Gasteiger partial charge in [-0.1, -0.05) is 20.8 Å². The number of hydrogen-bond donors (Lipinski definition) is 11. The monoisotopic (exact) mass is 881 g/mol. The quantitative estimate of drug-likeness (QED) is 0.0562. The maximum Gasteiger partial charge on any atom is 0.187 e. The molecule has 4 aliphatic heterocycles. The van der Waals surface area contributed by atoms with Gasteiger partial charge in [-0.05, 0) is 38.9 Å². The van der Waals surface area contributed by atoms with Crippen LogP contribution in [0, 0.1) is 11.8 Å². The predicted molar refractivity (Wildman–Crippen MR) is 211 cm³/mol. The molecule has 0 saturated carbocycles. The Balaban J connectivity index is 0.000000310. The molecule has 344 valence electrons. The first-order chi connectivity index (χ1) is 27.8. The molecule has 0 aromatic heterocycles. The highest BCUT2D eigenvalue weighted by Gasteiger charge is 2.52. The number of ether oxygens (including phenoxy) is 8. The first kappa shape index (κ1) is 52.3. The van der Waals surface area contributed by atoms with Crippen molar-refractivity contribution in [2.75, 3.05) is 56.0 Å². The van der Waals surface area contributed by atoms with Crippen LogP contribution in [0.25, 0.3) is 0 Å². The van der Waals surface area contributed by atoms with E-state index in [0.29, 0.717) is 43.3 Å². The smallest absolute Gasteiger partial charge is 0.187 e. The van der Waals surface area contributed by atoms with Crippen molar-refractivity contribution < 1.29 is 89.0 Å². The molecule has 0 bridgehead atoms. The summed E-state index contributed by atoms with van der Waals surface area (Å²) in [5.74, 6) is 1.55. The van der Waals surface area contributed by atoms with Crippen LogP contribution in [0.15, 0.2) is 0 Å². The Bertz CT molecular complexity index is 1030. The number of hydrogen-bond acceptors (Lipinski definition) is 21. The van der Waals surface area contributed by atoms with E-state index in [-0.39, 0.29) is 19.8 Å². The Morgan fingerprint density at radius 3 is 1.17 bits per heavy atom. The fourth-order valence-electron chi connectivity index (χ4n) is 7.52. The van der Waals surface area contributed by atoms with Crippen LogP contribution in [0.4, 0.5) is 0 Å². The van der Waals surface area contributed by atoms with Gasteiger partial charge in [-0.3, -0.25) is 0 Å². The average molecular weight is 882 g/mol. The van der Waals surface area contributed by atoms with Crippen LogP contribution in [-0.2, 0) is 37.9 Å². The summed E-state index contributed by atoms with van der Waals surface area (Å²) in [4.78, 5) is 0. The average Bonchev–Trinajstić information content (AvgIpc) is 3.21. The van der Waals surface area contributed by atoms with Crippen LogP contribution >= 0.6 is 23.5 Å². The Morgan fingerprint density at radius 1 is 0.483 bits per heavy atom. The maximum absolute atomic E-state index is 10.7. The van der Waals surface area contributed by atoms with E-state index >= 15 is 0 Å². The van der Waals surface area contributed by atoms with E-state index in [1.54, 1.807) is 25.6 Å². The Labute approximate surface area is 349 Å². The van der Waals surface area contributed by atoms with Crippen molar-refractivity contribution in [3.63, 3.8) is 0 Å². The minimum Gasteiger partial charge on any atom is -0.394 e. The lowest BCUT2D eigenvalue weighted by Gasteiger charge is -2.47. The van der Waals surface area contributed by atoms with Crippen molar-refractivity contribution in [2.45, 2.75) is 164 Å². The van der Waals surface area contributed by atoms with Crippen LogP contribution in [0.2, 0.25) is 0 Å². The zero-order valence-electron chi connectivity index (χ0n) is 34.2.